The molecule has 0 aliphatic heterocycles. The van der Waals surface area contributed by atoms with Crippen molar-refractivity contribution in [2.75, 3.05) is 6.61 Å². The Morgan fingerprint density at radius 3 is 2.18 bits per heavy atom. The molecule has 5 heteroatoms. The van der Waals surface area contributed by atoms with E-state index in [0.717, 1.165) is 19.3 Å². The third kappa shape index (κ3) is 6.35. The van der Waals surface area contributed by atoms with Crippen molar-refractivity contribution in [3.63, 3.8) is 0 Å². The third-order valence-electron chi connectivity index (χ3n) is 14.2. The summed E-state index contributed by atoms with van der Waals surface area (Å²) in [7, 11) is -2.61. The summed E-state index contributed by atoms with van der Waals surface area (Å²) in [6, 6.07) is 22.2. The van der Waals surface area contributed by atoms with Crippen LogP contribution in [0.4, 0.5) is 0 Å². The van der Waals surface area contributed by atoms with Gasteiger partial charge in [-0.1, -0.05) is 120 Å². The Kier molecular flexibility index (Phi) is 10.3. The Balaban J connectivity index is 1.21. The number of fused-ring (bicyclic) bond motifs is 5. The van der Waals surface area contributed by atoms with Gasteiger partial charge in [-0.3, -0.25) is 0 Å². The smallest absolute Gasteiger partial charge is 0.333 e. The van der Waals surface area contributed by atoms with Crippen LogP contribution in [0, 0.1) is 40.4 Å². The van der Waals surface area contributed by atoms with Crippen molar-refractivity contribution in [2.24, 2.45) is 40.4 Å². The molecule has 1 N–H and O–H groups in total. The normalized spacial score (nSPS) is 32.6. The van der Waals surface area contributed by atoms with Gasteiger partial charge in [0, 0.05) is 18.1 Å². The molecule has 266 valence electrons. The van der Waals surface area contributed by atoms with E-state index in [0.29, 0.717) is 42.3 Å². The summed E-state index contributed by atoms with van der Waals surface area (Å²) in [5, 5.41) is 14.0. The zero-order chi connectivity index (χ0) is 35.2. The van der Waals surface area contributed by atoms with Crippen molar-refractivity contribution >= 4 is 24.7 Å². The van der Waals surface area contributed by atoms with Gasteiger partial charge >= 0.3 is 5.97 Å². The number of rotatable bonds is 10. The second-order valence-electron chi connectivity index (χ2n) is 17.6. The summed E-state index contributed by atoms with van der Waals surface area (Å²) in [5.41, 5.74) is 2.49. The molecule has 3 saturated carbocycles. The largest absolute Gasteiger partial charge is 0.463 e. The molecular formula is C44H62O4Si. The van der Waals surface area contributed by atoms with E-state index in [1.54, 1.807) is 12.5 Å². The van der Waals surface area contributed by atoms with Gasteiger partial charge in [0.2, 0.25) is 0 Å². The summed E-state index contributed by atoms with van der Waals surface area (Å²) in [5.74, 6) is 2.29. The zero-order valence-corrected chi connectivity index (χ0v) is 32.3. The van der Waals surface area contributed by atoms with Crippen LogP contribution in [0.1, 0.15) is 106 Å². The second-order valence-corrected chi connectivity index (χ2v) is 21.8. The van der Waals surface area contributed by atoms with Crippen molar-refractivity contribution in [1.29, 1.82) is 0 Å². The molecule has 4 aliphatic carbocycles. The van der Waals surface area contributed by atoms with Crippen molar-refractivity contribution in [2.45, 2.75) is 123 Å². The van der Waals surface area contributed by atoms with Gasteiger partial charge in [0.25, 0.3) is 8.32 Å². The fourth-order valence-electron chi connectivity index (χ4n) is 11.6. The SMILES string of the molecule is C=C(C[C@@H](O)[C@@H](C)[C@H]1CC[C@H]2[C@@H]3CC=C4C[C@@H](O[Si](c5ccccc5)(c5ccccc5)C(C)(C)C)CC[C@]4(C)[C@H]3CC[C@]12C)C(=O)OCC. The van der Waals surface area contributed by atoms with Crippen molar-refractivity contribution in [1.82, 2.24) is 0 Å². The van der Waals surface area contributed by atoms with E-state index in [1.165, 1.54) is 42.5 Å². The van der Waals surface area contributed by atoms with Gasteiger partial charge < -0.3 is 14.3 Å². The summed E-state index contributed by atoms with van der Waals surface area (Å²) in [6.45, 7) is 20.6. The Morgan fingerprint density at radius 1 is 0.959 bits per heavy atom. The summed E-state index contributed by atoms with van der Waals surface area (Å²) in [6.07, 6.45) is 12.0. The Morgan fingerprint density at radius 2 is 1.59 bits per heavy atom. The number of aliphatic hydroxyl groups excluding tert-OH is 1. The van der Waals surface area contributed by atoms with Crippen LogP contribution in [-0.4, -0.2) is 38.2 Å². The van der Waals surface area contributed by atoms with Crippen LogP contribution in [0.5, 0.6) is 0 Å². The van der Waals surface area contributed by atoms with Crippen LogP contribution in [0.3, 0.4) is 0 Å². The molecule has 0 amide bonds. The molecule has 0 spiro atoms. The van der Waals surface area contributed by atoms with E-state index in [9.17, 15) is 9.90 Å². The Labute approximate surface area is 297 Å². The van der Waals surface area contributed by atoms with Crippen molar-refractivity contribution < 1.29 is 19.1 Å². The highest BCUT2D eigenvalue weighted by Gasteiger charge is 2.60. The highest BCUT2D eigenvalue weighted by atomic mass is 28.4. The van der Waals surface area contributed by atoms with Crippen LogP contribution in [0.15, 0.2) is 84.5 Å². The molecule has 3 fully saturated rings. The van der Waals surface area contributed by atoms with E-state index in [-0.39, 0.29) is 33.9 Å². The van der Waals surface area contributed by atoms with Crippen molar-refractivity contribution in [3.8, 4) is 0 Å². The van der Waals surface area contributed by atoms with Crippen molar-refractivity contribution in [3.05, 3.63) is 84.5 Å². The molecule has 0 radical (unpaired) electrons. The first-order valence-corrected chi connectivity index (χ1v) is 21.2. The minimum absolute atomic E-state index is 0.0217. The third-order valence-corrected chi connectivity index (χ3v) is 19.2. The summed E-state index contributed by atoms with van der Waals surface area (Å²) >= 11 is 0. The van der Waals surface area contributed by atoms with Gasteiger partial charge in [0.1, 0.15) is 0 Å². The molecule has 2 aromatic carbocycles. The maximum Gasteiger partial charge on any atom is 0.333 e. The number of aliphatic hydroxyl groups is 1. The van der Waals surface area contributed by atoms with Crippen LogP contribution in [-0.2, 0) is 14.0 Å². The van der Waals surface area contributed by atoms with Gasteiger partial charge in [0.05, 0.1) is 12.7 Å². The highest BCUT2D eigenvalue weighted by Crippen LogP contribution is 2.67. The lowest BCUT2D eigenvalue weighted by Gasteiger charge is -2.59. The molecule has 0 saturated heterocycles. The number of benzene rings is 2. The fourth-order valence-corrected chi connectivity index (χ4v) is 16.3. The van der Waals surface area contributed by atoms with E-state index < -0.39 is 14.4 Å². The number of carbonyl (C=O) groups is 1. The molecule has 6 rings (SSSR count). The lowest BCUT2D eigenvalue weighted by atomic mass is 9.47. The maximum atomic E-state index is 12.2. The second kappa shape index (κ2) is 13.9. The molecule has 0 unspecified atom stereocenters. The van der Waals surface area contributed by atoms with Crippen LogP contribution >= 0.6 is 0 Å². The molecule has 9 atom stereocenters. The number of carbonyl (C=O) groups excluding carboxylic acids is 1. The van der Waals surface area contributed by atoms with E-state index >= 15 is 0 Å². The number of ether oxygens (including phenoxy) is 1. The zero-order valence-electron chi connectivity index (χ0n) is 31.3. The molecule has 0 aromatic heterocycles. The van der Waals surface area contributed by atoms with Gasteiger partial charge in [-0.25, -0.2) is 4.79 Å². The molecule has 0 bridgehead atoms. The molecule has 4 nitrogen and oxygen atoms in total. The molecular weight excluding hydrogens is 621 g/mol. The minimum atomic E-state index is -2.61. The number of esters is 1. The topological polar surface area (TPSA) is 55.8 Å². The monoisotopic (exact) mass is 682 g/mol. The van der Waals surface area contributed by atoms with Gasteiger partial charge in [-0.15, -0.1) is 0 Å². The number of allylic oxidation sites excluding steroid dienone is 1. The van der Waals surface area contributed by atoms with Gasteiger partial charge in [0.15, 0.2) is 0 Å². The quantitative estimate of drug-likeness (QED) is 0.118. The van der Waals surface area contributed by atoms with Crippen LogP contribution in [0.2, 0.25) is 5.04 Å². The first kappa shape index (κ1) is 36.3. The van der Waals surface area contributed by atoms with E-state index in [1.807, 2.05) is 0 Å². The predicted molar refractivity (Wildman–Crippen MR) is 203 cm³/mol. The maximum absolute atomic E-state index is 12.2. The number of hydrogen-bond acceptors (Lipinski definition) is 4. The Hall–Kier alpha value is -2.47. The summed E-state index contributed by atoms with van der Waals surface area (Å²) in [4.78, 5) is 12.2. The average Bonchev–Trinajstić information content (AvgIpc) is 3.44. The first-order valence-electron chi connectivity index (χ1n) is 19.3. The van der Waals surface area contributed by atoms with Crippen LogP contribution < -0.4 is 10.4 Å². The molecule has 2 aromatic rings. The lowest BCUT2D eigenvalue weighted by molar-refractivity contribution is -0.139. The van der Waals surface area contributed by atoms with E-state index in [4.69, 9.17) is 9.16 Å². The Bertz CT molecular complexity index is 1470. The predicted octanol–water partition coefficient (Wildman–Crippen LogP) is 9.02. The van der Waals surface area contributed by atoms with E-state index in [2.05, 4.69) is 115 Å². The van der Waals surface area contributed by atoms with Gasteiger partial charge in [-0.05, 0) is 114 Å². The fraction of sp³-hybridized carbons (Fsp3) is 0.614. The lowest BCUT2D eigenvalue weighted by Crippen LogP contribution is -2.68. The summed E-state index contributed by atoms with van der Waals surface area (Å²) < 4.78 is 12.8. The first-order chi connectivity index (χ1) is 23.3. The molecule has 49 heavy (non-hydrogen) atoms. The van der Waals surface area contributed by atoms with Gasteiger partial charge in [-0.2, -0.15) is 0 Å². The molecule has 0 heterocycles. The molecule has 4 aliphatic rings. The average molecular weight is 683 g/mol. The highest BCUT2D eigenvalue weighted by molar-refractivity contribution is 6.99. The standard InChI is InChI=1S/C44H62O4Si/c1-9-47-41(46)30(2)28-40(45)31(3)37-22-23-38-36-21-20-32-29-33(24-26-43(32,7)39(36)25-27-44(37,38)8)48-49(42(4,5)6,34-16-12-10-13-17-34)35-18-14-11-15-19-35/h10-20,31,33,36-40,45H,2,9,21-29H2,1,3-8H3/t31-,33-,36-,37+,38-,39-,40+,43-,44+/m0/s1. The number of hydrogen-bond donors (Lipinski definition) is 1. The van der Waals surface area contributed by atoms with Crippen LogP contribution in [0.25, 0.3) is 0 Å². The minimum Gasteiger partial charge on any atom is -0.463 e.